The fraction of sp³-hybridized carbons (Fsp3) is 0.188. The molecular formula is C16H17N3O3S. The van der Waals surface area contributed by atoms with Crippen molar-refractivity contribution >= 4 is 28.8 Å². The maximum atomic E-state index is 12.5. The molecule has 2 aromatic rings. The van der Waals surface area contributed by atoms with Crippen LogP contribution in [0.15, 0.2) is 47.4 Å². The predicted molar refractivity (Wildman–Crippen MR) is 90.0 cm³/mol. The monoisotopic (exact) mass is 331 g/mol. The molecular weight excluding hydrogens is 314 g/mol. The lowest BCUT2D eigenvalue weighted by molar-refractivity contribution is 0.218. The smallest absolute Gasteiger partial charge is 0.321 e. The van der Waals surface area contributed by atoms with E-state index in [1.54, 1.807) is 37.3 Å². The molecule has 1 aliphatic heterocycles. The third-order valence-electron chi connectivity index (χ3n) is 3.58. The molecule has 23 heavy (non-hydrogen) atoms. The van der Waals surface area contributed by atoms with E-state index in [0.717, 1.165) is 16.9 Å². The highest BCUT2D eigenvalue weighted by Crippen LogP contribution is 2.29. The summed E-state index contributed by atoms with van der Waals surface area (Å²) in [4.78, 5) is 13.8. The number of nitrogens with one attached hydrogen (secondary N) is 2. The zero-order chi connectivity index (χ0) is 16.4. The summed E-state index contributed by atoms with van der Waals surface area (Å²) in [6, 6.07) is 12.5. The van der Waals surface area contributed by atoms with Gasteiger partial charge in [0.2, 0.25) is 4.90 Å². The van der Waals surface area contributed by atoms with E-state index in [4.69, 9.17) is 4.74 Å². The summed E-state index contributed by atoms with van der Waals surface area (Å²) in [5.74, 6) is 0.572. The molecule has 1 aliphatic rings. The Morgan fingerprint density at radius 2 is 2.09 bits per heavy atom. The molecule has 7 heteroatoms. The van der Waals surface area contributed by atoms with Crippen LogP contribution >= 0.6 is 0 Å². The standard InChI is InChI=1S/C16H17N3O3S/c1-19-10-11-9-12(7-8-13(11)17-16(19)20)18-23(21)15-6-4-3-5-14(15)22-2/h3-9,18H,10H2,1-2H3,(H,17,20). The van der Waals surface area contributed by atoms with Crippen LogP contribution in [-0.4, -0.2) is 29.6 Å². The number of benzene rings is 2. The van der Waals surface area contributed by atoms with Gasteiger partial charge in [0.25, 0.3) is 0 Å². The van der Waals surface area contributed by atoms with Gasteiger partial charge < -0.3 is 19.5 Å². The Labute approximate surface area is 137 Å². The highest BCUT2D eigenvalue weighted by atomic mass is 32.2. The summed E-state index contributed by atoms with van der Waals surface area (Å²) in [7, 11) is 3.28. The number of hydrogen-bond donors (Lipinski definition) is 2. The minimum absolute atomic E-state index is 0.129. The second-order valence-corrected chi connectivity index (χ2v) is 6.36. The molecule has 0 fully saturated rings. The molecule has 120 valence electrons. The second kappa shape index (κ2) is 6.39. The number of amides is 2. The number of fused-ring (bicyclic) bond motifs is 1. The SMILES string of the molecule is COc1ccccc1[S+]([O-])Nc1ccc2c(c1)CN(C)C(=O)N2. The summed E-state index contributed by atoms with van der Waals surface area (Å²) in [5, 5.41) is 2.80. The van der Waals surface area contributed by atoms with Gasteiger partial charge in [0.05, 0.1) is 12.8 Å². The Morgan fingerprint density at radius 3 is 2.87 bits per heavy atom. The Morgan fingerprint density at radius 1 is 1.30 bits per heavy atom. The van der Waals surface area contributed by atoms with Crippen LogP contribution < -0.4 is 14.8 Å². The van der Waals surface area contributed by atoms with Gasteiger partial charge in [-0.15, -0.1) is 0 Å². The normalized spacial score (nSPS) is 14.7. The molecule has 1 heterocycles. The molecule has 0 saturated heterocycles. The van der Waals surface area contributed by atoms with Crippen LogP contribution in [0.25, 0.3) is 0 Å². The third-order valence-corrected chi connectivity index (χ3v) is 4.74. The van der Waals surface area contributed by atoms with Crippen molar-refractivity contribution in [2.75, 3.05) is 24.2 Å². The first-order valence-electron chi connectivity index (χ1n) is 7.05. The maximum Gasteiger partial charge on any atom is 0.321 e. The Kier molecular flexibility index (Phi) is 4.31. The predicted octanol–water partition coefficient (Wildman–Crippen LogP) is 2.81. The average molecular weight is 331 g/mol. The van der Waals surface area contributed by atoms with Crippen molar-refractivity contribution in [3.63, 3.8) is 0 Å². The summed E-state index contributed by atoms with van der Waals surface area (Å²) in [6.45, 7) is 0.512. The van der Waals surface area contributed by atoms with Crippen LogP contribution in [-0.2, 0) is 17.9 Å². The van der Waals surface area contributed by atoms with Gasteiger partial charge in [-0.2, -0.15) is 0 Å². The van der Waals surface area contributed by atoms with Crippen LogP contribution in [0, 0.1) is 0 Å². The first kappa shape index (κ1) is 15.5. The Balaban J connectivity index is 1.81. The van der Waals surface area contributed by atoms with E-state index in [9.17, 15) is 9.35 Å². The molecule has 1 unspecified atom stereocenters. The van der Waals surface area contributed by atoms with Gasteiger partial charge in [-0.3, -0.25) is 0 Å². The molecule has 0 spiro atoms. The van der Waals surface area contributed by atoms with E-state index in [0.29, 0.717) is 17.2 Å². The van der Waals surface area contributed by atoms with Gasteiger partial charge in [0.1, 0.15) is 11.4 Å². The minimum Gasteiger partial charge on any atom is -0.588 e. The molecule has 0 saturated carbocycles. The van der Waals surface area contributed by atoms with E-state index in [1.807, 2.05) is 24.3 Å². The number of carbonyl (C=O) groups excluding carboxylic acids is 1. The Hall–Kier alpha value is -2.38. The molecule has 0 radical (unpaired) electrons. The van der Waals surface area contributed by atoms with Crippen LogP contribution in [0.5, 0.6) is 5.75 Å². The fourth-order valence-electron chi connectivity index (χ4n) is 2.38. The van der Waals surface area contributed by atoms with Gasteiger partial charge in [-0.1, -0.05) is 12.1 Å². The number of carbonyl (C=O) groups is 1. The summed E-state index contributed by atoms with van der Waals surface area (Å²) in [6.07, 6.45) is 0. The van der Waals surface area contributed by atoms with Gasteiger partial charge in [0, 0.05) is 19.3 Å². The van der Waals surface area contributed by atoms with Crippen molar-refractivity contribution in [2.24, 2.45) is 0 Å². The van der Waals surface area contributed by atoms with Crippen LogP contribution in [0.3, 0.4) is 0 Å². The maximum absolute atomic E-state index is 12.5. The van der Waals surface area contributed by atoms with Crippen molar-refractivity contribution in [1.82, 2.24) is 4.90 Å². The van der Waals surface area contributed by atoms with Crippen LogP contribution in [0.4, 0.5) is 16.2 Å². The van der Waals surface area contributed by atoms with Crippen molar-refractivity contribution < 1.29 is 14.1 Å². The number of ether oxygens (including phenoxy) is 1. The van der Waals surface area contributed by atoms with Crippen molar-refractivity contribution in [3.05, 3.63) is 48.0 Å². The van der Waals surface area contributed by atoms with E-state index < -0.39 is 11.4 Å². The topological polar surface area (TPSA) is 76.7 Å². The molecule has 1 atom stereocenters. The first-order chi connectivity index (χ1) is 11.1. The molecule has 2 aromatic carbocycles. The summed E-state index contributed by atoms with van der Waals surface area (Å²) >= 11 is -1.44. The first-order valence-corrected chi connectivity index (χ1v) is 8.20. The molecule has 3 rings (SSSR count). The highest BCUT2D eigenvalue weighted by Gasteiger charge is 2.21. The number of anilines is 2. The van der Waals surface area contributed by atoms with Gasteiger partial charge >= 0.3 is 6.03 Å². The van der Waals surface area contributed by atoms with E-state index >= 15 is 0 Å². The number of urea groups is 1. The third kappa shape index (κ3) is 3.20. The number of para-hydroxylation sites is 1. The van der Waals surface area contributed by atoms with E-state index in [1.165, 1.54) is 0 Å². The minimum atomic E-state index is -1.44. The molecule has 6 nitrogen and oxygen atoms in total. The van der Waals surface area contributed by atoms with Gasteiger partial charge in [-0.25, -0.2) is 9.52 Å². The zero-order valence-electron chi connectivity index (χ0n) is 12.8. The summed E-state index contributed by atoms with van der Waals surface area (Å²) in [5.41, 5.74) is 2.47. The fourth-order valence-corrected chi connectivity index (χ4v) is 3.37. The molecule has 0 aromatic heterocycles. The number of methoxy groups -OCH3 is 1. The lowest BCUT2D eigenvalue weighted by Crippen LogP contribution is -2.35. The van der Waals surface area contributed by atoms with Crippen molar-refractivity contribution in [2.45, 2.75) is 11.4 Å². The number of nitrogens with zero attached hydrogens (tertiary/aromatic N) is 1. The summed E-state index contributed by atoms with van der Waals surface area (Å²) < 4.78 is 20.7. The highest BCUT2D eigenvalue weighted by molar-refractivity contribution is 7.92. The van der Waals surface area contributed by atoms with E-state index in [2.05, 4.69) is 10.0 Å². The lowest BCUT2D eigenvalue weighted by Gasteiger charge is -2.26. The second-order valence-electron chi connectivity index (χ2n) is 5.18. The van der Waals surface area contributed by atoms with Crippen molar-refractivity contribution in [1.29, 1.82) is 0 Å². The molecule has 0 aliphatic carbocycles. The lowest BCUT2D eigenvalue weighted by atomic mass is 10.1. The molecule has 0 bridgehead atoms. The van der Waals surface area contributed by atoms with Gasteiger partial charge in [-0.05, 0) is 35.9 Å². The Bertz CT molecular complexity index is 738. The number of rotatable bonds is 4. The van der Waals surface area contributed by atoms with E-state index in [-0.39, 0.29) is 6.03 Å². The largest absolute Gasteiger partial charge is 0.588 e. The quantitative estimate of drug-likeness (QED) is 0.845. The molecule has 2 amide bonds. The van der Waals surface area contributed by atoms with Gasteiger partial charge in [0.15, 0.2) is 5.75 Å². The molecule has 2 N–H and O–H groups in total. The van der Waals surface area contributed by atoms with Crippen molar-refractivity contribution in [3.8, 4) is 5.75 Å². The zero-order valence-corrected chi connectivity index (χ0v) is 13.6. The average Bonchev–Trinajstić information content (AvgIpc) is 2.56. The van der Waals surface area contributed by atoms with Crippen LogP contribution in [0.1, 0.15) is 5.56 Å². The number of hydrogen-bond acceptors (Lipinski definition) is 4. The van der Waals surface area contributed by atoms with Crippen LogP contribution in [0.2, 0.25) is 0 Å².